The highest BCUT2D eigenvalue weighted by Crippen LogP contribution is 2.37. The van der Waals surface area contributed by atoms with Crippen LogP contribution in [0, 0.1) is 0 Å². The molecule has 0 fully saturated rings. The first-order chi connectivity index (χ1) is 29.7. The molecule has 10 aromatic carbocycles. The van der Waals surface area contributed by atoms with Gasteiger partial charge in [-0.25, -0.2) is 0 Å². The van der Waals surface area contributed by atoms with E-state index < -0.39 is 0 Å². The molecule has 0 heterocycles. The maximum absolute atomic E-state index is 2.45. The summed E-state index contributed by atoms with van der Waals surface area (Å²) < 4.78 is 0. The van der Waals surface area contributed by atoms with E-state index in [1.54, 1.807) is 0 Å². The Morgan fingerprint density at radius 3 is 1.35 bits per heavy atom. The summed E-state index contributed by atoms with van der Waals surface area (Å²) in [4.78, 5) is 2.45. The van der Waals surface area contributed by atoms with Crippen molar-refractivity contribution in [1.29, 1.82) is 0 Å². The topological polar surface area (TPSA) is 3.24 Å². The Bertz CT molecular complexity index is 2770. The molecule has 0 bridgehead atoms. The molecule has 0 aliphatic heterocycles. The van der Waals surface area contributed by atoms with Gasteiger partial charge in [-0.3, -0.25) is 0 Å². The molecule has 0 saturated heterocycles. The van der Waals surface area contributed by atoms with E-state index in [0.717, 1.165) is 13.0 Å². The van der Waals surface area contributed by atoms with Gasteiger partial charge in [0.05, 0.1) is 0 Å². The summed E-state index contributed by atoms with van der Waals surface area (Å²) in [7, 11) is 0. The summed E-state index contributed by atoms with van der Waals surface area (Å²) in [6.45, 7) is 0.750. The number of hydrogen-bond acceptors (Lipinski definition) is 1. The summed E-state index contributed by atoms with van der Waals surface area (Å²) in [5, 5.41) is 5.08. The zero-order valence-corrected chi connectivity index (χ0v) is 33.5. The maximum atomic E-state index is 2.45. The normalized spacial score (nSPS) is 11.7. The predicted octanol–water partition coefficient (Wildman–Crippen LogP) is 15.7. The van der Waals surface area contributed by atoms with Crippen molar-refractivity contribution in [2.75, 3.05) is 4.90 Å². The number of fused-ring (bicyclic) bond motifs is 2. The van der Waals surface area contributed by atoms with Gasteiger partial charge in [0.1, 0.15) is 0 Å². The molecular formula is C59H45N. The zero-order chi connectivity index (χ0) is 40.1. The second kappa shape index (κ2) is 16.8. The average Bonchev–Trinajstić information content (AvgIpc) is 3.33. The van der Waals surface area contributed by atoms with Gasteiger partial charge in [0.2, 0.25) is 0 Å². The van der Waals surface area contributed by atoms with Gasteiger partial charge in [-0.15, -0.1) is 0 Å². The quantitative estimate of drug-likeness (QED) is 0.127. The lowest BCUT2D eigenvalue weighted by molar-refractivity contribution is 0.812. The SMILES string of the molecule is c1ccc(-c2ccc([C@@H](Cc3ccc(-c4ccc(CN(c5ccc(-c6ccccc6)cc5)c5cccc6ccccc56)cc4)cc3)c3cccc4ccccc34)cc2)cc1. The highest BCUT2D eigenvalue weighted by atomic mass is 15.1. The van der Waals surface area contributed by atoms with Gasteiger partial charge < -0.3 is 4.90 Å². The molecule has 0 unspecified atom stereocenters. The molecule has 1 nitrogen and oxygen atoms in total. The van der Waals surface area contributed by atoms with Gasteiger partial charge in [0, 0.05) is 29.2 Å². The fourth-order valence-electron chi connectivity index (χ4n) is 8.78. The van der Waals surface area contributed by atoms with Crippen LogP contribution < -0.4 is 4.90 Å². The molecule has 0 aromatic heterocycles. The van der Waals surface area contributed by atoms with E-state index in [9.17, 15) is 0 Å². The first-order valence-electron chi connectivity index (χ1n) is 21.0. The minimum absolute atomic E-state index is 0.213. The molecule has 0 aliphatic rings. The minimum Gasteiger partial charge on any atom is -0.336 e. The van der Waals surface area contributed by atoms with Crippen LogP contribution in [0.3, 0.4) is 0 Å². The summed E-state index contributed by atoms with van der Waals surface area (Å²) >= 11 is 0. The molecule has 0 saturated carbocycles. The van der Waals surface area contributed by atoms with Gasteiger partial charge in [0.25, 0.3) is 0 Å². The van der Waals surface area contributed by atoms with Crippen LogP contribution in [0.2, 0.25) is 0 Å². The van der Waals surface area contributed by atoms with E-state index in [4.69, 9.17) is 0 Å². The second-order valence-corrected chi connectivity index (χ2v) is 15.7. The lowest BCUT2D eigenvalue weighted by Gasteiger charge is -2.27. The van der Waals surface area contributed by atoms with Gasteiger partial charge in [-0.2, -0.15) is 0 Å². The van der Waals surface area contributed by atoms with Crippen molar-refractivity contribution in [3.63, 3.8) is 0 Å². The number of nitrogens with zero attached hydrogens (tertiary/aromatic N) is 1. The number of anilines is 2. The number of benzene rings is 10. The first-order valence-corrected chi connectivity index (χ1v) is 21.0. The Morgan fingerprint density at radius 2 is 0.750 bits per heavy atom. The van der Waals surface area contributed by atoms with Crippen molar-refractivity contribution in [3.05, 3.63) is 265 Å². The molecule has 10 rings (SSSR count). The van der Waals surface area contributed by atoms with E-state index in [2.05, 4.69) is 248 Å². The molecule has 0 spiro atoms. The van der Waals surface area contributed by atoms with Crippen LogP contribution in [0.25, 0.3) is 54.9 Å². The van der Waals surface area contributed by atoms with Crippen LogP contribution in [-0.4, -0.2) is 0 Å². The van der Waals surface area contributed by atoms with E-state index in [-0.39, 0.29) is 5.92 Å². The molecule has 286 valence electrons. The van der Waals surface area contributed by atoms with Crippen molar-refractivity contribution in [2.24, 2.45) is 0 Å². The highest BCUT2D eigenvalue weighted by molar-refractivity contribution is 5.96. The Morgan fingerprint density at radius 1 is 0.317 bits per heavy atom. The molecule has 1 heteroatoms. The predicted molar refractivity (Wildman–Crippen MR) is 255 cm³/mol. The molecule has 0 N–H and O–H groups in total. The van der Waals surface area contributed by atoms with Crippen molar-refractivity contribution >= 4 is 32.9 Å². The van der Waals surface area contributed by atoms with E-state index in [0.29, 0.717) is 0 Å². The van der Waals surface area contributed by atoms with Gasteiger partial charge >= 0.3 is 0 Å². The Labute approximate surface area is 353 Å². The summed E-state index contributed by atoms with van der Waals surface area (Å²) in [5.74, 6) is 0.213. The largest absolute Gasteiger partial charge is 0.336 e. The van der Waals surface area contributed by atoms with Crippen LogP contribution in [0.1, 0.15) is 28.2 Å². The van der Waals surface area contributed by atoms with Crippen LogP contribution in [0.4, 0.5) is 11.4 Å². The molecule has 0 radical (unpaired) electrons. The van der Waals surface area contributed by atoms with Crippen LogP contribution in [0.5, 0.6) is 0 Å². The molecule has 0 amide bonds. The van der Waals surface area contributed by atoms with Crippen molar-refractivity contribution < 1.29 is 0 Å². The molecule has 10 aromatic rings. The third-order valence-corrected chi connectivity index (χ3v) is 12.0. The van der Waals surface area contributed by atoms with Gasteiger partial charge in [-0.05, 0) is 96.4 Å². The molecule has 0 aliphatic carbocycles. The van der Waals surface area contributed by atoms with Crippen molar-refractivity contribution in [3.8, 4) is 33.4 Å². The molecule has 1 atom stereocenters. The van der Waals surface area contributed by atoms with Gasteiger partial charge in [0.15, 0.2) is 0 Å². The Kier molecular flexibility index (Phi) is 10.3. The summed E-state index contributed by atoms with van der Waals surface area (Å²) in [6, 6.07) is 88.6. The molecular weight excluding hydrogens is 723 g/mol. The monoisotopic (exact) mass is 767 g/mol. The number of rotatable bonds is 11. The summed E-state index contributed by atoms with van der Waals surface area (Å²) in [5.41, 5.74) is 15.0. The fourth-order valence-corrected chi connectivity index (χ4v) is 8.78. The average molecular weight is 768 g/mol. The Hall–Kier alpha value is -7.48. The van der Waals surface area contributed by atoms with Crippen molar-refractivity contribution in [1.82, 2.24) is 0 Å². The first kappa shape index (κ1) is 36.8. The third kappa shape index (κ3) is 7.74. The fraction of sp³-hybridized carbons (Fsp3) is 0.0508. The van der Waals surface area contributed by atoms with Crippen LogP contribution >= 0.6 is 0 Å². The lowest BCUT2D eigenvalue weighted by atomic mass is 9.83. The molecule has 60 heavy (non-hydrogen) atoms. The van der Waals surface area contributed by atoms with Crippen LogP contribution in [0.15, 0.2) is 243 Å². The maximum Gasteiger partial charge on any atom is 0.0493 e. The second-order valence-electron chi connectivity index (χ2n) is 15.7. The highest BCUT2D eigenvalue weighted by Gasteiger charge is 2.19. The van der Waals surface area contributed by atoms with Crippen molar-refractivity contribution in [2.45, 2.75) is 18.9 Å². The number of hydrogen-bond donors (Lipinski definition) is 0. The zero-order valence-electron chi connectivity index (χ0n) is 33.5. The Balaban J connectivity index is 0.918. The van der Waals surface area contributed by atoms with Gasteiger partial charge in [-0.1, -0.05) is 224 Å². The van der Waals surface area contributed by atoms with Crippen LogP contribution in [-0.2, 0) is 13.0 Å². The minimum atomic E-state index is 0.213. The van der Waals surface area contributed by atoms with E-state index in [1.165, 1.54) is 88.6 Å². The lowest BCUT2D eigenvalue weighted by Crippen LogP contribution is -2.16. The van der Waals surface area contributed by atoms with E-state index >= 15 is 0 Å². The third-order valence-electron chi connectivity index (χ3n) is 12.0. The summed E-state index contributed by atoms with van der Waals surface area (Å²) in [6.07, 6.45) is 0.911. The van der Waals surface area contributed by atoms with E-state index in [1.807, 2.05) is 0 Å². The smallest absolute Gasteiger partial charge is 0.0493 e. The standard InChI is InChI=1S/C59H45N/c1-3-13-45(14-4-1)49-33-35-53(36-34-49)58(57-23-11-19-51-17-7-9-21-55(51)57)41-43-25-29-47(30-26-43)48-31-27-44(28-32-48)42-60(59-24-12-20-52-18-8-10-22-56(52)59)54-39-37-50(38-40-54)46-15-5-2-6-16-46/h1-40,58H,41-42H2/t58-/m1/s1.